The van der Waals surface area contributed by atoms with Gasteiger partial charge in [0.25, 0.3) is 5.91 Å². The van der Waals surface area contributed by atoms with Gasteiger partial charge in [0.1, 0.15) is 11.7 Å². The molecular weight excluding hydrogens is 418 g/mol. The second-order valence-corrected chi connectivity index (χ2v) is 9.83. The van der Waals surface area contributed by atoms with E-state index in [2.05, 4.69) is 36.7 Å². The quantitative estimate of drug-likeness (QED) is 0.566. The Bertz CT molecular complexity index is 870. The summed E-state index contributed by atoms with van der Waals surface area (Å²) in [4.78, 5) is 28.4. The Morgan fingerprint density at radius 2 is 1.88 bits per heavy atom. The molecule has 2 aromatic heterocycles. The zero-order valence-electron chi connectivity index (χ0n) is 21.1. The van der Waals surface area contributed by atoms with Gasteiger partial charge in [-0.3, -0.25) is 9.59 Å². The molecule has 1 saturated carbocycles. The molecule has 6 heteroatoms. The third kappa shape index (κ3) is 5.75. The summed E-state index contributed by atoms with van der Waals surface area (Å²) in [7, 11) is 0. The highest BCUT2D eigenvalue weighted by Gasteiger charge is 2.38. The van der Waals surface area contributed by atoms with Gasteiger partial charge in [-0.05, 0) is 48.6 Å². The second kappa shape index (κ2) is 12.4. The zero-order chi connectivity index (χ0) is 23.8. The molecule has 3 atom stereocenters. The predicted molar refractivity (Wildman–Crippen MR) is 136 cm³/mol. The lowest BCUT2D eigenvalue weighted by atomic mass is 9.86. The van der Waals surface area contributed by atoms with Gasteiger partial charge in [-0.25, -0.2) is 0 Å². The third-order valence-corrected chi connectivity index (χ3v) is 7.28. The summed E-state index contributed by atoms with van der Waals surface area (Å²) in [5.41, 5.74) is 1.79. The Morgan fingerprint density at radius 3 is 2.53 bits per heavy atom. The molecule has 1 N–H and O–H groups in total. The summed E-state index contributed by atoms with van der Waals surface area (Å²) < 4.78 is 3.17. The molecule has 3 unspecified atom stereocenters. The molecular formula is C26H43N3O2S. The fourth-order valence-electron chi connectivity index (χ4n) is 4.60. The highest BCUT2D eigenvalue weighted by atomic mass is 32.1. The van der Waals surface area contributed by atoms with Crippen LogP contribution in [0.1, 0.15) is 91.1 Å². The molecule has 2 aromatic rings. The van der Waals surface area contributed by atoms with E-state index in [1.807, 2.05) is 44.0 Å². The monoisotopic (exact) mass is 461 g/mol. The van der Waals surface area contributed by atoms with Crippen LogP contribution in [0.3, 0.4) is 0 Å². The van der Waals surface area contributed by atoms with Crippen molar-refractivity contribution in [2.45, 2.75) is 99.2 Å². The van der Waals surface area contributed by atoms with E-state index in [9.17, 15) is 9.59 Å². The van der Waals surface area contributed by atoms with Crippen molar-refractivity contribution >= 4 is 33.4 Å². The van der Waals surface area contributed by atoms with Gasteiger partial charge in [-0.2, -0.15) is 0 Å². The summed E-state index contributed by atoms with van der Waals surface area (Å²) in [6, 6.07) is 3.85. The predicted octanol–water partition coefficient (Wildman–Crippen LogP) is 6.32. The van der Waals surface area contributed by atoms with Gasteiger partial charge in [0.15, 0.2) is 0 Å². The number of rotatable bonds is 5. The first-order valence-corrected chi connectivity index (χ1v) is 13.5. The molecule has 0 aromatic carbocycles. The number of hydrogen-bond acceptors (Lipinski definition) is 3. The van der Waals surface area contributed by atoms with Crippen molar-refractivity contribution < 1.29 is 9.59 Å². The largest absolute Gasteiger partial charge is 0.351 e. The lowest BCUT2D eigenvalue weighted by Gasteiger charge is -2.38. The van der Waals surface area contributed by atoms with Crippen LogP contribution in [0.25, 0.3) is 10.2 Å². The summed E-state index contributed by atoms with van der Waals surface area (Å²) in [5.74, 6) is 1.00. The van der Waals surface area contributed by atoms with E-state index in [0.29, 0.717) is 24.9 Å². The first kappa shape index (κ1) is 26.4. The summed E-state index contributed by atoms with van der Waals surface area (Å²) in [6.45, 7) is 15.7. The lowest BCUT2D eigenvalue weighted by molar-refractivity contribution is -0.127. The molecule has 2 amide bonds. The average Bonchev–Trinajstić information content (AvgIpc) is 3.39. The molecule has 0 saturated heterocycles. The molecule has 1 aliphatic heterocycles. The highest BCUT2D eigenvalue weighted by Crippen LogP contribution is 2.31. The maximum Gasteiger partial charge on any atom is 0.271 e. The van der Waals surface area contributed by atoms with Crippen LogP contribution in [0, 0.1) is 11.8 Å². The maximum atomic E-state index is 13.3. The van der Waals surface area contributed by atoms with Crippen molar-refractivity contribution in [3.63, 3.8) is 0 Å². The first-order chi connectivity index (χ1) is 15.5. The standard InChI is InChI=1S/C22H31N3O2S.2C2H6/c1-14(2)8-10-24-19(21(26)23-16-7-5-4-6-15(16)3)13-25-17-9-11-28-20(17)12-18(25)22(24)27;2*1-2/h9,11-12,14-16,19H,4-8,10,13H2,1-3H3,(H,23,26);2*1-2H3. The van der Waals surface area contributed by atoms with E-state index in [-0.39, 0.29) is 17.9 Å². The Morgan fingerprint density at radius 1 is 1.19 bits per heavy atom. The summed E-state index contributed by atoms with van der Waals surface area (Å²) >= 11 is 1.65. The van der Waals surface area contributed by atoms with E-state index >= 15 is 0 Å². The van der Waals surface area contributed by atoms with Crippen LogP contribution in [0.2, 0.25) is 0 Å². The van der Waals surface area contributed by atoms with Gasteiger partial charge in [-0.1, -0.05) is 61.3 Å². The fraction of sp³-hybridized carbons (Fsp3) is 0.692. The fourth-order valence-corrected chi connectivity index (χ4v) is 5.42. The van der Waals surface area contributed by atoms with Crippen LogP contribution < -0.4 is 5.32 Å². The molecule has 32 heavy (non-hydrogen) atoms. The molecule has 1 aliphatic carbocycles. The van der Waals surface area contributed by atoms with Gasteiger partial charge in [0.2, 0.25) is 5.91 Å². The van der Waals surface area contributed by atoms with E-state index < -0.39 is 6.04 Å². The minimum absolute atomic E-state index is 0.00728. The Balaban J connectivity index is 0.000000860. The minimum Gasteiger partial charge on any atom is -0.351 e. The van der Waals surface area contributed by atoms with Crippen LogP contribution in [0.15, 0.2) is 17.5 Å². The number of thiophene rings is 1. The highest BCUT2D eigenvalue weighted by molar-refractivity contribution is 7.17. The Labute approximate surface area is 198 Å². The topological polar surface area (TPSA) is 54.3 Å². The van der Waals surface area contributed by atoms with Crippen LogP contribution in [-0.4, -0.2) is 39.9 Å². The molecule has 5 nitrogen and oxygen atoms in total. The van der Waals surface area contributed by atoms with Crippen LogP contribution in [-0.2, 0) is 11.3 Å². The third-order valence-electron chi connectivity index (χ3n) is 6.42. The molecule has 3 heterocycles. The van der Waals surface area contributed by atoms with Gasteiger partial charge in [0, 0.05) is 12.6 Å². The van der Waals surface area contributed by atoms with Crippen LogP contribution in [0.4, 0.5) is 0 Å². The molecule has 2 aliphatic rings. The van der Waals surface area contributed by atoms with E-state index in [1.54, 1.807) is 11.3 Å². The number of carbonyl (C=O) groups excluding carboxylic acids is 2. The molecule has 0 bridgehead atoms. The number of amides is 2. The number of aromatic nitrogens is 1. The maximum absolute atomic E-state index is 13.3. The number of nitrogens with one attached hydrogen (secondary N) is 1. The van der Waals surface area contributed by atoms with E-state index in [4.69, 9.17) is 0 Å². The molecule has 1 fully saturated rings. The van der Waals surface area contributed by atoms with Gasteiger partial charge < -0.3 is 14.8 Å². The van der Waals surface area contributed by atoms with Crippen molar-refractivity contribution in [1.82, 2.24) is 14.8 Å². The average molecular weight is 462 g/mol. The van der Waals surface area contributed by atoms with E-state index in [1.165, 1.54) is 19.3 Å². The van der Waals surface area contributed by atoms with Crippen molar-refractivity contribution in [1.29, 1.82) is 0 Å². The van der Waals surface area contributed by atoms with Crippen molar-refractivity contribution in [3.8, 4) is 0 Å². The number of nitrogens with zero attached hydrogens (tertiary/aromatic N) is 2. The normalized spacial score (nSPS) is 22.6. The Hall–Kier alpha value is -1.82. The number of hydrogen-bond donors (Lipinski definition) is 1. The smallest absolute Gasteiger partial charge is 0.271 e. The SMILES string of the molecule is CC.CC.CC(C)CCN1C(=O)c2cc3sccc3n2CC1C(=O)NC1CCCCC1C. The Kier molecular flexibility index (Phi) is 10.3. The van der Waals surface area contributed by atoms with Crippen molar-refractivity contribution in [2.75, 3.05) is 6.54 Å². The van der Waals surface area contributed by atoms with Gasteiger partial charge in [0.05, 0.1) is 16.8 Å². The first-order valence-electron chi connectivity index (χ1n) is 12.6. The minimum atomic E-state index is -0.427. The summed E-state index contributed by atoms with van der Waals surface area (Å²) in [6.07, 6.45) is 5.54. The molecule has 0 radical (unpaired) electrons. The van der Waals surface area contributed by atoms with Crippen LogP contribution >= 0.6 is 11.3 Å². The van der Waals surface area contributed by atoms with E-state index in [0.717, 1.165) is 28.8 Å². The van der Waals surface area contributed by atoms with Crippen molar-refractivity contribution in [3.05, 3.63) is 23.2 Å². The van der Waals surface area contributed by atoms with Gasteiger partial charge >= 0.3 is 0 Å². The van der Waals surface area contributed by atoms with Crippen molar-refractivity contribution in [2.24, 2.45) is 11.8 Å². The number of carbonyl (C=O) groups is 2. The summed E-state index contributed by atoms with van der Waals surface area (Å²) in [5, 5.41) is 5.35. The molecule has 0 spiro atoms. The molecule has 180 valence electrons. The zero-order valence-corrected chi connectivity index (χ0v) is 21.9. The van der Waals surface area contributed by atoms with Crippen LogP contribution in [0.5, 0.6) is 0 Å². The lowest BCUT2D eigenvalue weighted by Crippen LogP contribution is -2.57. The van der Waals surface area contributed by atoms with Gasteiger partial charge in [-0.15, -0.1) is 11.3 Å². The molecule has 4 rings (SSSR count). The number of fused-ring (bicyclic) bond motifs is 3. The second-order valence-electron chi connectivity index (χ2n) is 8.88.